The molecule has 0 aliphatic heterocycles. The summed E-state index contributed by atoms with van der Waals surface area (Å²) in [6.45, 7) is 14.2. The van der Waals surface area contributed by atoms with Gasteiger partial charge in [-0.05, 0) is 74.4 Å². The summed E-state index contributed by atoms with van der Waals surface area (Å²) in [5.74, 6) is -5.52. The van der Waals surface area contributed by atoms with Crippen molar-refractivity contribution in [2.24, 2.45) is 0 Å². The standard InChI is InChI=1S/C39H35Cl3O13/c1-7-32(44)52-21(5)17-27-26(39(49)54-30-13-9-23(18-28(30)40)37(47)51-19-22(6)53-33(45)8-2)11-14-31(35(27)42)55-38(48)25-10-12-29(43)34(41)24(25)15-16-50-36(46)20(3)4/h7-14,18,21-22,43H,1-3,15-17,19H2,4-6H3. The minimum absolute atomic E-state index is 0.00533. The van der Waals surface area contributed by atoms with Crippen molar-refractivity contribution in [2.45, 2.75) is 45.8 Å². The SMILES string of the molecule is C=CC(=O)OC(C)COC(=O)c1ccc(OC(=O)c2ccc(OC(=O)c3ccc(O)c(Cl)c3CCOC(=O)C(=C)C)c(Cl)c2CC(C)OC(=O)C=C)c(Cl)c1. The fourth-order valence-corrected chi connectivity index (χ4v) is 5.39. The zero-order chi connectivity index (χ0) is 41.0. The molecule has 1 N–H and O–H groups in total. The van der Waals surface area contributed by atoms with Crippen LogP contribution in [0.2, 0.25) is 15.1 Å². The molecule has 2 unspecified atom stereocenters. The summed E-state index contributed by atoms with van der Waals surface area (Å²) in [5.41, 5.74) is 0.120. The Bertz CT molecular complexity index is 2040. The van der Waals surface area contributed by atoms with Crippen molar-refractivity contribution in [3.8, 4) is 17.2 Å². The van der Waals surface area contributed by atoms with Crippen LogP contribution >= 0.6 is 34.8 Å². The molecule has 3 aromatic rings. The zero-order valence-electron chi connectivity index (χ0n) is 29.8. The second kappa shape index (κ2) is 20.2. The Morgan fingerprint density at radius 3 is 1.91 bits per heavy atom. The van der Waals surface area contributed by atoms with Crippen LogP contribution in [-0.2, 0) is 46.2 Å². The van der Waals surface area contributed by atoms with Crippen molar-refractivity contribution in [3.63, 3.8) is 0 Å². The maximum atomic E-state index is 13.6. The average Bonchev–Trinajstić information content (AvgIpc) is 3.14. The van der Waals surface area contributed by atoms with Gasteiger partial charge in [0.25, 0.3) is 0 Å². The quantitative estimate of drug-likeness (QED) is 0.0618. The van der Waals surface area contributed by atoms with Crippen LogP contribution in [-0.4, -0.2) is 66.3 Å². The molecule has 16 heteroatoms. The van der Waals surface area contributed by atoms with Crippen LogP contribution in [0.15, 0.2) is 79.9 Å². The Morgan fingerprint density at radius 2 is 1.31 bits per heavy atom. The summed E-state index contributed by atoms with van der Waals surface area (Å²) < 4.78 is 31.7. The van der Waals surface area contributed by atoms with Crippen LogP contribution in [0.1, 0.15) is 63.0 Å². The number of esters is 6. The molecular weight excluding hydrogens is 783 g/mol. The zero-order valence-corrected chi connectivity index (χ0v) is 32.0. The Morgan fingerprint density at radius 1 is 0.745 bits per heavy atom. The van der Waals surface area contributed by atoms with E-state index in [2.05, 4.69) is 19.7 Å². The van der Waals surface area contributed by atoms with Gasteiger partial charge in [-0.1, -0.05) is 54.5 Å². The molecule has 0 radical (unpaired) electrons. The molecule has 0 aliphatic carbocycles. The first-order valence-electron chi connectivity index (χ1n) is 16.2. The molecule has 0 heterocycles. The normalized spacial score (nSPS) is 11.6. The first kappa shape index (κ1) is 43.8. The van der Waals surface area contributed by atoms with E-state index in [1.54, 1.807) is 0 Å². The molecule has 0 saturated carbocycles. The van der Waals surface area contributed by atoms with Gasteiger partial charge in [-0.2, -0.15) is 0 Å². The van der Waals surface area contributed by atoms with Crippen molar-refractivity contribution in [3.05, 3.63) is 123 Å². The number of aromatic hydroxyl groups is 1. The smallest absolute Gasteiger partial charge is 0.343 e. The van der Waals surface area contributed by atoms with Gasteiger partial charge >= 0.3 is 35.8 Å². The van der Waals surface area contributed by atoms with Crippen LogP contribution in [0.3, 0.4) is 0 Å². The number of hydrogen-bond donors (Lipinski definition) is 1. The number of carbonyl (C=O) groups is 6. The molecule has 0 saturated heterocycles. The van der Waals surface area contributed by atoms with E-state index in [0.29, 0.717) is 0 Å². The minimum Gasteiger partial charge on any atom is -0.506 e. The van der Waals surface area contributed by atoms with E-state index in [1.165, 1.54) is 63.2 Å². The highest BCUT2D eigenvalue weighted by Gasteiger charge is 2.26. The number of hydrogen-bond acceptors (Lipinski definition) is 13. The summed E-state index contributed by atoms with van der Waals surface area (Å²) in [4.78, 5) is 74.8. The summed E-state index contributed by atoms with van der Waals surface area (Å²) >= 11 is 19.4. The third-order valence-corrected chi connectivity index (χ3v) is 8.42. The van der Waals surface area contributed by atoms with Gasteiger partial charge in [0, 0.05) is 30.6 Å². The lowest BCUT2D eigenvalue weighted by atomic mass is 10.0. The van der Waals surface area contributed by atoms with Gasteiger partial charge in [0.2, 0.25) is 0 Å². The summed E-state index contributed by atoms with van der Waals surface area (Å²) in [7, 11) is 0. The molecule has 0 spiro atoms. The maximum Gasteiger partial charge on any atom is 0.343 e. The summed E-state index contributed by atoms with van der Waals surface area (Å²) in [6.07, 6.45) is 0.0468. The highest BCUT2D eigenvalue weighted by molar-refractivity contribution is 6.34. The monoisotopic (exact) mass is 816 g/mol. The lowest BCUT2D eigenvalue weighted by Gasteiger charge is -2.18. The fraction of sp³-hybridized carbons (Fsp3) is 0.231. The molecule has 290 valence electrons. The molecular formula is C39H35Cl3O13. The average molecular weight is 818 g/mol. The van der Waals surface area contributed by atoms with E-state index >= 15 is 0 Å². The maximum absolute atomic E-state index is 13.6. The number of phenols is 1. The predicted molar refractivity (Wildman–Crippen MR) is 201 cm³/mol. The van der Waals surface area contributed by atoms with E-state index in [9.17, 15) is 33.9 Å². The van der Waals surface area contributed by atoms with E-state index in [4.69, 9.17) is 63.2 Å². The molecule has 2 atom stereocenters. The van der Waals surface area contributed by atoms with Crippen molar-refractivity contribution >= 4 is 70.6 Å². The second-order valence-electron chi connectivity index (χ2n) is 11.6. The van der Waals surface area contributed by atoms with Crippen LogP contribution in [0.5, 0.6) is 17.2 Å². The topological polar surface area (TPSA) is 178 Å². The highest BCUT2D eigenvalue weighted by Crippen LogP contribution is 2.36. The van der Waals surface area contributed by atoms with Crippen LogP contribution in [0.4, 0.5) is 0 Å². The fourth-order valence-electron chi connectivity index (χ4n) is 4.64. The van der Waals surface area contributed by atoms with Gasteiger partial charge in [-0.3, -0.25) is 0 Å². The van der Waals surface area contributed by atoms with Gasteiger partial charge < -0.3 is 33.5 Å². The molecule has 3 aromatic carbocycles. The first-order chi connectivity index (χ1) is 26.0. The molecule has 0 aliphatic rings. The van der Waals surface area contributed by atoms with Crippen molar-refractivity contribution in [1.82, 2.24) is 0 Å². The van der Waals surface area contributed by atoms with Crippen LogP contribution in [0, 0.1) is 0 Å². The number of halogens is 3. The number of phenolic OH excluding ortho intramolecular Hbond substituents is 1. The third-order valence-electron chi connectivity index (χ3n) is 7.29. The molecule has 0 aromatic heterocycles. The molecule has 13 nitrogen and oxygen atoms in total. The Labute approximate surface area is 330 Å². The third kappa shape index (κ3) is 12.2. The van der Waals surface area contributed by atoms with Crippen LogP contribution in [0.25, 0.3) is 0 Å². The van der Waals surface area contributed by atoms with Gasteiger partial charge in [-0.25, -0.2) is 28.8 Å². The number of ether oxygens (including phenoxy) is 6. The summed E-state index contributed by atoms with van der Waals surface area (Å²) in [5, 5.41) is 9.66. The van der Waals surface area contributed by atoms with Gasteiger partial charge in [0.05, 0.1) is 38.4 Å². The Kier molecular flexibility index (Phi) is 16.0. The molecule has 55 heavy (non-hydrogen) atoms. The largest absolute Gasteiger partial charge is 0.506 e. The van der Waals surface area contributed by atoms with Crippen LogP contribution < -0.4 is 9.47 Å². The molecule has 3 rings (SSSR count). The van der Waals surface area contributed by atoms with Gasteiger partial charge in [-0.15, -0.1) is 0 Å². The van der Waals surface area contributed by atoms with E-state index in [-0.39, 0.29) is 91.8 Å². The Hall–Kier alpha value is -5.63. The minimum atomic E-state index is -0.968. The first-order valence-corrected chi connectivity index (χ1v) is 17.3. The lowest BCUT2D eigenvalue weighted by Crippen LogP contribution is -2.21. The second-order valence-corrected chi connectivity index (χ2v) is 12.8. The number of carbonyl (C=O) groups excluding carboxylic acids is 6. The van der Waals surface area contributed by atoms with Crippen molar-refractivity contribution in [1.29, 1.82) is 0 Å². The van der Waals surface area contributed by atoms with Crippen molar-refractivity contribution in [2.75, 3.05) is 13.2 Å². The van der Waals surface area contributed by atoms with E-state index < -0.39 is 48.0 Å². The number of benzene rings is 3. The van der Waals surface area contributed by atoms with Gasteiger partial charge in [0.1, 0.15) is 36.1 Å². The molecule has 0 fully saturated rings. The van der Waals surface area contributed by atoms with E-state index in [1.807, 2.05) is 0 Å². The highest BCUT2D eigenvalue weighted by atomic mass is 35.5. The summed E-state index contributed by atoms with van der Waals surface area (Å²) in [6, 6.07) is 8.67. The molecule has 0 amide bonds. The Balaban J connectivity index is 1.90. The van der Waals surface area contributed by atoms with E-state index in [0.717, 1.165) is 12.2 Å². The lowest BCUT2D eigenvalue weighted by molar-refractivity contribution is -0.144. The van der Waals surface area contributed by atoms with Crippen molar-refractivity contribution < 1.29 is 62.3 Å². The predicted octanol–water partition coefficient (Wildman–Crippen LogP) is 7.39. The molecule has 0 bridgehead atoms. The van der Waals surface area contributed by atoms with Gasteiger partial charge in [0.15, 0.2) is 0 Å². The number of rotatable bonds is 17.